The summed E-state index contributed by atoms with van der Waals surface area (Å²) >= 11 is 0. The number of anilines is 1. The molecule has 0 aliphatic rings. The molecular weight excluding hydrogens is 164 g/mol. The van der Waals surface area contributed by atoms with Crippen LogP contribution in [-0.2, 0) is 6.54 Å². The minimum absolute atomic E-state index is 0.454. The number of nitrogens with two attached hydrogens (primary N) is 1. The number of nitrogens with zero attached hydrogens (tertiary/aromatic N) is 1. The van der Waals surface area contributed by atoms with E-state index in [1.54, 1.807) is 6.07 Å². The van der Waals surface area contributed by atoms with Crippen molar-refractivity contribution in [3.8, 4) is 0 Å². The molecule has 0 saturated carbocycles. The third kappa shape index (κ3) is 2.06. The lowest BCUT2D eigenvalue weighted by Gasteiger charge is -2.16. The molecule has 0 amide bonds. The minimum atomic E-state index is 0.454. The SMILES string of the molecule is CN(C)c1ccc(C=O)cc1CN. The molecule has 1 rings (SSSR count). The van der Waals surface area contributed by atoms with E-state index >= 15 is 0 Å². The number of hydrogen-bond acceptors (Lipinski definition) is 3. The molecule has 0 spiro atoms. The highest BCUT2D eigenvalue weighted by Crippen LogP contribution is 2.18. The molecule has 1 aromatic carbocycles. The Kier molecular flexibility index (Phi) is 3.03. The van der Waals surface area contributed by atoms with Crippen LogP contribution >= 0.6 is 0 Å². The van der Waals surface area contributed by atoms with Gasteiger partial charge in [-0.05, 0) is 23.8 Å². The standard InChI is InChI=1S/C10H14N2O/c1-12(2)10-4-3-8(7-13)5-9(10)6-11/h3-5,7H,6,11H2,1-2H3. The van der Waals surface area contributed by atoms with E-state index in [0.29, 0.717) is 12.1 Å². The second kappa shape index (κ2) is 4.05. The van der Waals surface area contributed by atoms with Gasteiger partial charge in [0.1, 0.15) is 6.29 Å². The van der Waals surface area contributed by atoms with Crippen molar-refractivity contribution >= 4 is 12.0 Å². The predicted molar refractivity (Wildman–Crippen MR) is 54.0 cm³/mol. The van der Waals surface area contributed by atoms with Gasteiger partial charge in [-0.1, -0.05) is 0 Å². The topological polar surface area (TPSA) is 46.3 Å². The number of hydrogen-bond donors (Lipinski definition) is 1. The van der Waals surface area contributed by atoms with Gasteiger partial charge in [-0.15, -0.1) is 0 Å². The zero-order chi connectivity index (χ0) is 9.84. The highest BCUT2D eigenvalue weighted by Gasteiger charge is 2.03. The average molecular weight is 178 g/mol. The first-order valence-electron chi connectivity index (χ1n) is 4.14. The lowest BCUT2D eigenvalue weighted by molar-refractivity contribution is 0.112. The molecule has 3 heteroatoms. The van der Waals surface area contributed by atoms with Crippen LogP contribution in [-0.4, -0.2) is 20.4 Å². The fourth-order valence-corrected chi connectivity index (χ4v) is 1.28. The maximum Gasteiger partial charge on any atom is 0.150 e. The Balaban J connectivity index is 3.15. The van der Waals surface area contributed by atoms with Gasteiger partial charge in [0, 0.05) is 31.9 Å². The molecule has 0 fully saturated rings. The van der Waals surface area contributed by atoms with Gasteiger partial charge in [0.15, 0.2) is 0 Å². The third-order valence-corrected chi connectivity index (χ3v) is 1.94. The minimum Gasteiger partial charge on any atom is -0.377 e. The van der Waals surface area contributed by atoms with E-state index in [0.717, 1.165) is 17.5 Å². The van der Waals surface area contributed by atoms with Gasteiger partial charge >= 0.3 is 0 Å². The van der Waals surface area contributed by atoms with Crippen molar-refractivity contribution in [3.63, 3.8) is 0 Å². The molecular formula is C10H14N2O. The Hall–Kier alpha value is -1.35. The summed E-state index contributed by atoms with van der Waals surface area (Å²) in [6.45, 7) is 0.454. The van der Waals surface area contributed by atoms with Gasteiger partial charge in [0.25, 0.3) is 0 Å². The molecule has 0 aromatic heterocycles. The molecule has 0 aliphatic carbocycles. The monoisotopic (exact) mass is 178 g/mol. The molecule has 0 saturated heterocycles. The number of carbonyl (C=O) groups excluding carboxylic acids is 1. The largest absolute Gasteiger partial charge is 0.377 e. The van der Waals surface area contributed by atoms with Gasteiger partial charge in [-0.3, -0.25) is 4.79 Å². The van der Waals surface area contributed by atoms with Crippen LogP contribution in [0.1, 0.15) is 15.9 Å². The molecule has 0 radical (unpaired) electrons. The van der Waals surface area contributed by atoms with Gasteiger partial charge < -0.3 is 10.6 Å². The van der Waals surface area contributed by atoms with Crippen LogP contribution in [0.3, 0.4) is 0 Å². The fourth-order valence-electron chi connectivity index (χ4n) is 1.28. The predicted octanol–water partition coefficient (Wildman–Crippen LogP) is 1.02. The Bertz CT molecular complexity index is 308. The summed E-state index contributed by atoms with van der Waals surface area (Å²) in [4.78, 5) is 12.5. The summed E-state index contributed by atoms with van der Waals surface area (Å²) in [7, 11) is 3.91. The first-order valence-corrected chi connectivity index (χ1v) is 4.14. The van der Waals surface area contributed by atoms with Crippen molar-refractivity contribution in [2.45, 2.75) is 6.54 Å². The fraction of sp³-hybridized carbons (Fsp3) is 0.300. The molecule has 0 unspecified atom stereocenters. The van der Waals surface area contributed by atoms with E-state index < -0.39 is 0 Å². The van der Waals surface area contributed by atoms with E-state index in [1.165, 1.54) is 0 Å². The summed E-state index contributed by atoms with van der Waals surface area (Å²) in [5, 5.41) is 0. The second-order valence-corrected chi connectivity index (χ2v) is 3.10. The summed E-state index contributed by atoms with van der Waals surface area (Å²) in [6.07, 6.45) is 0.832. The van der Waals surface area contributed by atoms with Crippen LogP contribution in [0, 0.1) is 0 Å². The lowest BCUT2D eigenvalue weighted by atomic mass is 10.1. The average Bonchev–Trinajstić information content (AvgIpc) is 2.16. The van der Waals surface area contributed by atoms with Gasteiger partial charge in [-0.2, -0.15) is 0 Å². The third-order valence-electron chi connectivity index (χ3n) is 1.94. The zero-order valence-corrected chi connectivity index (χ0v) is 7.95. The Morgan fingerprint density at radius 2 is 2.15 bits per heavy atom. The van der Waals surface area contributed by atoms with Crippen molar-refractivity contribution in [3.05, 3.63) is 29.3 Å². The molecule has 0 atom stereocenters. The lowest BCUT2D eigenvalue weighted by Crippen LogP contribution is -2.13. The summed E-state index contributed by atoms with van der Waals surface area (Å²) in [6, 6.07) is 5.52. The molecule has 3 nitrogen and oxygen atoms in total. The first-order chi connectivity index (χ1) is 6.19. The molecule has 13 heavy (non-hydrogen) atoms. The van der Waals surface area contributed by atoms with Crippen LogP contribution in [0.4, 0.5) is 5.69 Å². The molecule has 2 N–H and O–H groups in total. The van der Waals surface area contributed by atoms with Crippen LogP contribution in [0.2, 0.25) is 0 Å². The van der Waals surface area contributed by atoms with Gasteiger partial charge in [-0.25, -0.2) is 0 Å². The van der Waals surface area contributed by atoms with Crippen LogP contribution < -0.4 is 10.6 Å². The molecule has 0 heterocycles. The van der Waals surface area contributed by atoms with E-state index in [9.17, 15) is 4.79 Å². The normalized spacial score (nSPS) is 9.77. The van der Waals surface area contributed by atoms with Crippen molar-refractivity contribution in [2.75, 3.05) is 19.0 Å². The van der Waals surface area contributed by atoms with Crippen LogP contribution in [0.25, 0.3) is 0 Å². The van der Waals surface area contributed by atoms with Crippen molar-refractivity contribution in [1.82, 2.24) is 0 Å². The first kappa shape index (κ1) is 9.74. The quantitative estimate of drug-likeness (QED) is 0.703. The van der Waals surface area contributed by atoms with Crippen molar-refractivity contribution < 1.29 is 4.79 Å². The summed E-state index contributed by atoms with van der Waals surface area (Å²) in [5.74, 6) is 0. The van der Waals surface area contributed by atoms with Crippen LogP contribution in [0.5, 0.6) is 0 Å². The van der Waals surface area contributed by atoms with Crippen LogP contribution in [0.15, 0.2) is 18.2 Å². The molecule has 0 bridgehead atoms. The maximum atomic E-state index is 10.5. The Morgan fingerprint density at radius 3 is 2.62 bits per heavy atom. The molecule has 1 aromatic rings. The number of aldehydes is 1. The van der Waals surface area contributed by atoms with E-state index in [4.69, 9.17) is 5.73 Å². The van der Waals surface area contributed by atoms with E-state index in [2.05, 4.69) is 0 Å². The van der Waals surface area contributed by atoms with E-state index in [1.807, 2.05) is 31.1 Å². The number of rotatable bonds is 3. The number of benzene rings is 1. The van der Waals surface area contributed by atoms with E-state index in [-0.39, 0.29) is 0 Å². The highest BCUT2D eigenvalue weighted by atomic mass is 16.1. The van der Waals surface area contributed by atoms with Crippen molar-refractivity contribution in [1.29, 1.82) is 0 Å². The Morgan fingerprint density at radius 1 is 1.46 bits per heavy atom. The van der Waals surface area contributed by atoms with Gasteiger partial charge in [0.2, 0.25) is 0 Å². The Labute approximate surface area is 78.2 Å². The zero-order valence-electron chi connectivity index (χ0n) is 7.95. The molecule has 0 aliphatic heterocycles. The number of carbonyl (C=O) groups is 1. The van der Waals surface area contributed by atoms with Gasteiger partial charge in [0.05, 0.1) is 0 Å². The summed E-state index contributed by atoms with van der Waals surface area (Å²) < 4.78 is 0. The maximum absolute atomic E-state index is 10.5. The molecule has 70 valence electrons. The second-order valence-electron chi connectivity index (χ2n) is 3.10. The van der Waals surface area contributed by atoms with Crippen molar-refractivity contribution in [2.24, 2.45) is 5.73 Å². The summed E-state index contributed by atoms with van der Waals surface area (Å²) in [5.41, 5.74) is 8.30. The smallest absolute Gasteiger partial charge is 0.150 e. The highest BCUT2D eigenvalue weighted by molar-refractivity contribution is 5.77.